The molecule has 32 heavy (non-hydrogen) atoms. The van der Waals surface area contributed by atoms with Crippen LogP contribution in [0.2, 0.25) is 0 Å². The monoisotopic (exact) mass is 440 g/mol. The number of rotatable bonds is 2. The molecule has 0 bridgehead atoms. The molecular weight excluding hydrogens is 407 g/mol. The van der Waals surface area contributed by atoms with Crippen molar-refractivity contribution in [1.82, 2.24) is 10.2 Å². The highest BCUT2D eigenvalue weighted by atomic mass is 19.1. The van der Waals surface area contributed by atoms with Gasteiger partial charge in [-0.05, 0) is 62.9 Å². The van der Waals surface area contributed by atoms with Crippen LogP contribution in [0.4, 0.5) is 4.39 Å². The van der Waals surface area contributed by atoms with Gasteiger partial charge in [0.1, 0.15) is 12.4 Å². The fourth-order valence-corrected chi connectivity index (χ4v) is 4.98. The van der Waals surface area contributed by atoms with Crippen molar-refractivity contribution in [3.8, 4) is 11.5 Å². The van der Waals surface area contributed by atoms with E-state index in [2.05, 4.69) is 22.3 Å². The molecule has 2 heterocycles. The molecular formula is C26H33FN2O3. The minimum atomic E-state index is -0.588. The minimum Gasteiger partial charge on any atom is -0.505 e. The first-order valence-electron chi connectivity index (χ1n) is 11.8. The summed E-state index contributed by atoms with van der Waals surface area (Å²) in [5.74, 6) is 0.190. The van der Waals surface area contributed by atoms with Gasteiger partial charge in [0.2, 0.25) is 5.91 Å². The van der Waals surface area contributed by atoms with Crippen LogP contribution >= 0.6 is 0 Å². The van der Waals surface area contributed by atoms with Crippen molar-refractivity contribution in [1.29, 1.82) is 0 Å². The van der Waals surface area contributed by atoms with Gasteiger partial charge in [-0.1, -0.05) is 43.2 Å². The number of piperidine rings is 1. The molecule has 2 N–H and O–H groups in total. The van der Waals surface area contributed by atoms with E-state index in [1.807, 2.05) is 12.1 Å². The van der Waals surface area contributed by atoms with E-state index >= 15 is 0 Å². The van der Waals surface area contributed by atoms with Gasteiger partial charge in [0.25, 0.3) is 0 Å². The number of nitrogens with one attached hydrogen (secondary N) is 1. The summed E-state index contributed by atoms with van der Waals surface area (Å²) >= 11 is 0. The van der Waals surface area contributed by atoms with Crippen LogP contribution in [0.25, 0.3) is 0 Å². The Morgan fingerprint density at radius 1 is 1.03 bits per heavy atom. The Kier molecular flexibility index (Phi) is 7.30. The van der Waals surface area contributed by atoms with Gasteiger partial charge in [-0.2, -0.15) is 0 Å². The molecule has 1 spiro atoms. The van der Waals surface area contributed by atoms with Gasteiger partial charge < -0.3 is 15.2 Å². The van der Waals surface area contributed by atoms with E-state index < -0.39 is 5.82 Å². The van der Waals surface area contributed by atoms with E-state index in [1.54, 1.807) is 12.1 Å². The second-order valence-electron chi connectivity index (χ2n) is 9.08. The topological polar surface area (TPSA) is 61.8 Å². The van der Waals surface area contributed by atoms with Gasteiger partial charge >= 0.3 is 0 Å². The molecule has 6 heteroatoms. The summed E-state index contributed by atoms with van der Waals surface area (Å²) in [6.07, 6.45) is 6.64. The van der Waals surface area contributed by atoms with Gasteiger partial charge in [0, 0.05) is 12.1 Å². The van der Waals surface area contributed by atoms with Crippen molar-refractivity contribution in [3.63, 3.8) is 0 Å². The lowest BCUT2D eigenvalue weighted by Gasteiger charge is -2.41. The third-order valence-electron chi connectivity index (χ3n) is 6.98. The van der Waals surface area contributed by atoms with Crippen molar-refractivity contribution in [2.24, 2.45) is 5.41 Å². The number of benzene rings is 2. The zero-order valence-corrected chi connectivity index (χ0v) is 18.6. The Hall–Kier alpha value is -2.60. The smallest absolute Gasteiger partial charge is 0.226 e. The molecule has 2 aliphatic heterocycles. The number of phenolic OH excluding ortho intramolecular Hbond substituents is 1. The van der Waals surface area contributed by atoms with Crippen molar-refractivity contribution >= 4 is 5.91 Å². The van der Waals surface area contributed by atoms with Crippen LogP contribution in [0.5, 0.6) is 11.5 Å². The average molecular weight is 441 g/mol. The zero-order valence-electron chi connectivity index (χ0n) is 18.6. The average Bonchev–Trinajstić information content (AvgIpc) is 2.82. The van der Waals surface area contributed by atoms with E-state index in [4.69, 9.17) is 4.74 Å². The molecule has 1 saturated heterocycles. The second-order valence-corrected chi connectivity index (χ2v) is 9.08. The third-order valence-corrected chi connectivity index (χ3v) is 6.98. The highest BCUT2D eigenvalue weighted by Gasteiger charge is 2.40. The summed E-state index contributed by atoms with van der Waals surface area (Å²) in [5.41, 5.74) is 1.47. The van der Waals surface area contributed by atoms with Crippen molar-refractivity contribution in [2.75, 3.05) is 26.2 Å². The quantitative estimate of drug-likeness (QED) is 0.726. The zero-order chi connectivity index (χ0) is 22.4. The van der Waals surface area contributed by atoms with E-state index in [-0.39, 0.29) is 17.1 Å². The maximum atomic E-state index is 13.7. The first-order chi connectivity index (χ1) is 15.6. The largest absolute Gasteiger partial charge is 0.505 e. The third kappa shape index (κ3) is 5.23. The summed E-state index contributed by atoms with van der Waals surface area (Å²) in [6.45, 7) is 2.96. The Bertz CT molecular complexity index is 925. The van der Waals surface area contributed by atoms with E-state index in [1.165, 1.54) is 11.6 Å². The lowest BCUT2D eigenvalue weighted by molar-refractivity contribution is -0.134. The van der Waals surface area contributed by atoms with Crippen molar-refractivity contribution in [2.45, 2.75) is 51.5 Å². The number of fused-ring (bicyclic) bond motifs is 1. The van der Waals surface area contributed by atoms with Crippen LogP contribution in [0.3, 0.4) is 0 Å². The first kappa shape index (κ1) is 22.6. The van der Waals surface area contributed by atoms with Crippen LogP contribution in [-0.2, 0) is 17.8 Å². The molecule has 4 rings (SSSR count). The number of carbonyl (C=O) groups is 1. The predicted molar refractivity (Wildman–Crippen MR) is 122 cm³/mol. The summed E-state index contributed by atoms with van der Waals surface area (Å²) in [5, 5.41) is 13.1. The fraction of sp³-hybridized carbons (Fsp3) is 0.500. The molecule has 2 aromatic rings. The molecule has 0 atom stereocenters. The van der Waals surface area contributed by atoms with Crippen LogP contribution in [-0.4, -0.2) is 42.2 Å². The number of nitrogens with zero attached hydrogens (tertiary/aromatic N) is 1. The summed E-state index contributed by atoms with van der Waals surface area (Å²) in [4.78, 5) is 15.4. The molecule has 0 saturated carbocycles. The molecule has 0 radical (unpaired) electrons. The summed E-state index contributed by atoms with van der Waals surface area (Å²) in [7, 11) is 0. The van der Waals surface area contributed by atoms with Crippen LogP contribution in [0.15, 0.2) is 42.5 Å². The minimum absolute atomic E-state index is 0.127. The maximum absolute atomic E-state index is 13.7. The van der Waals surface area contributed by atoms with Crippen LogP contribution in [0, 0.1) is 11.2 Å². The highest BCUT2D eigenvalue weighted by Crippen LogP contribution is 2.38. The highest BCUT2D eigenvalue weighted by molar-refractivity contribution is 5.82. The normalized spacial score (nSPS) is 20.2. The number of aromatic hydroxyl groups is 1. The molecule has 0 aliphatic carbocycles. The number of aryl methyl sites for hydroxylation is 1. The standard InChI is InChI=1S/C26H33FN2O3/c27-22-10-6-9-21(24(22)30)19-29-16-13-26(14-17-29)12-5-1-2-7-20-8-3-4-11-23(20)32-18-15-28-25(26)31/h3-4,6,8-11,30H,1-2,5,7,12-19H2,(H,28,31). The van der Waals surface area contributed by atoms with Gasteiger partial charge in [-0.25, -0.2) is 4.39 Å². The maximum Gasteiger partial charge on any atom is 0.226 e. The first-order valence-corrected chi connectivity index (χ1v) is 11.8. The SMILES string of the molecule is O=C1NCCOc2ccccc2CCCCCC12CCN(Cc1cccc(F)c1O)CC2. The van der Waals surface area contributed by atoms with Crippen LogP contribution in [0.1, 0.15) is 49.7 Å². The predicted octanol–water partition coefficient (Wildman–Crippen LogP) is 4.43. The van der Waals surface area contributed by atoms with E-state index in [0.29, 0.717) is 25.3 Å². The number of halogens is 1. The van der Waals surface area contributed by atoms with Crippen molar-refractivity contribution < 1.29 is 19.0 Å². The lowest BCUT2D eigenvalue weighted by Crippen LogP contribution is -2.49. The lowest BCUT2D eigenvalue weighted by atomic mass is 9.73. The Labute approximate surface area is 189 Å². The Balaban J connectivity index is 1.38. The molecule has 172 valence electrons. The van der Waals surface area contributed by atoms with Gasteiger partial charge in [-0.3, -0.25) is 9.69 Å². The van der Waals surface area contributed by atoms with Gasteiger partial charge in [-0.15, -0.1) is 0 Å². The van der Waals surface area contributed by atoms with E-state index in [0.717, 1.165) is 63.8 Å². The van der Waals surface area contributed by atoms with E-state index in [9.17, 15) is 14.3 Å². The van der Waals surface area contributed by atoms with Gasteiger partial charge in [0.15, 0.2) is 11.6 Å². The molecule has 2 aromatic carbocycles. The second kappa shape index (κ2) is 10.3. The fourth-order valence-electron chi connectivity index (χ4n) is 4.98. The molecule has 0 aromatic heterocycles. The molecule has 1 fully saturated rings. The number of amides is 1. The number of phenols is 1. The number of hydrogen-bond acceptors (Lipinski definition) is 4. The molecule has 0 unspecified atom stereocenters. The number of para-hydroxylation sites is 2. The number of hydrogen-bond donors (Lipinski definition) is 2. The number of carbonyl (C=O) groups excluding carboxylic acids is 1. The summed E-state index contributed by atoms with van der Waals surface area (Å²) < 4.78 is 19.6. The number of ether oxygens (including phenoxy) is 1. The summed E-state index contributed by atoms with van der Waals surface area (Å²) in [6, 6.07) is 12.8. The number of likely N-dealkylation sites (tertiary alicyclic amines) is 1. The molecule has 1 amide bonds. The van der Waals surface area contributed by atoms with Crippen LogP contribution < -0.4 is 10.1 Å². The van der Waals surface area contributed by atoms with Crippen molar-refractivity contribution in [3.05, 3.63) is 59.4 Å². The Morgan fingerprint density at radius 3 is 2.69 bits per heavy atom. The molecule has 5 nitrogen and oxygen atoms in total. The molecule has 2 aliphatic rings. The Morgan fingerprint density at radius 2 is 1.84 bits per heavy atom. The van der Waals surface area contributed by atoms with Gasteiger partial charge in [0.05, 0.1) is 12.0 Å².